The molecule has 0 spiro atoms. The minimum Gasteiger partial charge on any atom is -0.389 e. The van der Waals surface area contributed by atoms with Crippen molar-refractivity contribution in [1.82, 2.24) is 9.97 Å². The van der Waals surface area contributed by atoms with Crippen LogP contribution in [0, 0.1) is 0 Å². The Bertz CT molecular complexity index is 381. The fraction of sp³-hybridized carbons (Fsp3) is 0.500. The van der Waals surface area contributed by atoms with Crippen molar-refractivity contribution >= 4 is 27.7 Å². The van der Waals surface area contributed by atoms with E-state index >= 15 is 0 Å². The molecule has 2 rings (SSSR count). The fourth-order valence-corrected chi connectivity index (χ4v) is 2.03. The molecule has 0 aliphatic carbocycles. The van der Waals surface area contributed by atoms with E-state index in [0.29, 0.717) is 23.4 Å². The first kappa shape index (κ1) is 11.5. The number of hydrazine groups is 1. The van der Waals surface area contributed by atoms with Crippen LogP contribution in [0.2, 0.25) is 0 Å². The van der Waals surface area contributed by atoms with E-state index in [1.54, 1.807) is 11.1 Å². The van der Waals surface area contributed by atoms with Gasteiger partial charge in [0, 0.05) is 19.3 Å². The lowest BCUT2D eigenvalue weighted by molar-refractivity contribution is 0.0572. The summed E-state index contributed by atoms with van der Waals surface area (Å²) in [5.41, 5.74) is 2.35. The Morgan fingerprint density at radius 2 is 2.06 bits per heavy atom. The quantitative estimate of drug-likeness (QED) is 0.411. The average Bonchev–Trinajstić information content (AvgIpc) is 2.60. The number of aromatic nitrogens is 2. The molecule has 0 radical (unpaired) electrons. The highest BCUT2D eigenvalue weighted by molar-refractivity contribution is 9.10. The van der Waals surface area contributed by atoms with Crippen LogP contribution in [0.25, 0.3) is 0 Å². The van der Waals surface area contributed by atoms with Gasteiger partial charge in [-0.3, -0.25) is 5.43 Å². The number of halogens is 1. The van der Waals surface area contributed by atoms with Crippen molar-refractivity contribution in [1.29, 1.82) is 0 Å². The summed E-state index contributed by atoms with van der Waals surface area (Å²) in [6, 6.07) is 0. The van der Waals surface area contributed by atoms with E-state index < -0.39 is 12.2 Å². The highest BCUT2D eigenvalue weighted by atomic mass is 79.9. The molecule has 1 fully saturated rings. The predicted molar refractivity (Wildman–Crippen MR) is 61.8 cm³/mol. The Labute approximate surface area is 100 Å². The van der Waals surface area contributed by atoms with Crippen LogP contribution >= 0.6 is 15.9 Å². The molecule has 88 valence electrons. The third-order valence-electron chi connectivity index (χ3n) is 2.41. The SMILES string of the molecule is NNc1ncc(Br)c(N2CC(O)C(O)C2)n1. The largest absolute Gasteiger partial charge is 0.389 e. The average molecular weight is 290 g/mol. The van der Waals surface area contributed by atoms with Gasteiger partial charge in [-0.15, -0.1) is 0 Å². The van der Waals surface area contributed by atoms with Crippen LogP contribution in [0.4, 0.5) is 11.8 Å². The highest BCUT2D eigenvalue weighted by Crippen LogP contribution is 2.27. The van der Waals surface area contributed by atoms with Crippen molar-refractivity contribution in [2.75, 3.05) is 23.4 Å². The van der Waals surface area contributed by atoms with E-state index in [4.69, 9.17) is 5.84 Å². The minimum atomic E-state index is -0.754. The van der Waals surface area contributed by atoms with Crippen LogP contribution in [-0.2, 0) is 0 Å². The lowest BCUT2D eigenvalue weighted by atomic mass is 10.3. The van der Waals surface area contributed by atoms with Crippen LogP contribution in [0.3, 0.4) is 0 Å². The standard InChI is InChI=1S/C8H12BrN5O2/c9-4-1-11-8(13-10)12-7(4)14-2-5(15)6(16)3-14/h1,5-6,15-16H,2-3,10H2,(H,11,12,13). The molecule has 1 aliphatic rings. The van der Waals surface area contributed by atoms with Crippen LogP contribution in [0.1, 0.15) is 0 Å². The van der Waals surface area contributed by atoms with Gasteiger partial charge in [0.15, 0.2) is 0 Å². The Kier molecular flexibility index (Phi) is 3.24. The number of aliphatic hydroxyl groups is 2. The first-order valence-electron chi connectivity index (χ1n) is 4.72. The maximum absolute atomic E-state index is 9.46. The van der Waals surface area contributed by atoms with Gasteiger partial charge in [-0.25, -0.2) is 10.8 Å². The molecule has 7 nitrogen and oxygen atoms in total. The van der Waals surface area contributed by atoms with Crippen molar-refractivity contribution in [2.24, 2.45) is 5.84 Å². The van der Waals surface area contributed by atoms with E-state index in [0.717, 1.165) is 0 Å². The predicted octanol–water partition coefficient (Wildman–Crippen LogP) is -0.934. The molecular weight excluding hydrogens is 278 g/mol. The zero-order chi connectivity index (χ0) is 11.7. The summed E-state index contributed by atoms with van der Waals surface area (Å²) in [6.07, 6.45) is 0.0570. The first-order chi connectivity index (χ1) is 7.61. The van der Waals surface area contributed by atoms with Gasteiger partial charge in [-0.05, 0) is 15.9 Å². The summed E-state index contributed by atoms with van der Waals surface area (Å²) in [6.45, 7) is 0.668. The van der Waals surface area contributed by atoms with Gasteiger partial charge < -0.3 is 15.1 Å². The van der Waals surface area contributed by atoms with E-state index in [2.05, 4.69) is 31.3 Å². The Morgan fingerprint density at radius 3 is 2.62 bits per heavy atom. The molecule has 16 heavy (non-hydrogen) atoms. The van der Waals surface area contributed by atoms with Crippen LogP contribution < -0.4 is 16.2 Å². The number of hydrogen-bond donors (Lipinski definition) is 4. The zero-order valence-electron chi connectivity index (χ0n) is 8.34. The van der Waals surface area contributed by atoms with E-state index in [9.17, 15) is 10.2 Å². The third-order valence-corrected chi connectivity index (χ3v) is 2.97. The van der Waals surface area contributed by atoms with Crippen molar-refractivity contribution in [3.05, 3.63) is 10.7 Å². The maximum atomic E-state index is 9.46. The van der Waals surface area contributed by atoms with Gasteiger partial charge in [0.1, 0.15) is 5.82 Å². The van der Waals surface area contributed by atoms with Crippen molar-refractivity contribution in [3.8, 4) is 0 Å². The molecule has 0 aromatic carbocycles. The second kappa shape index (κ2) is 4.50. The van der Waals surface area contributed by atoms with Crippen LogP contribution in [0.5, 0.6) is 0 Å². The number of nitrogens with zero attached hydrogens (tertiary/aromatic N) is 3. The second-order valence-electron chi connectivity index (χ2n) is 3.55. The molecule has 0 bridgehead atoms. The summed E-state index contributed by atoms with van der Waals surface area (Å²) < 4.78 is 0.688. The van der Waals surface area contributed by atoms with E-state index in [1.807, 2.05) is 0 Å². The molecule has 0 amide bonds. The number of nitrogens with two attached hydrogens (primary N) is 1. The van der Waals surface area contributed by atoms with E-state index in [1.165, 1.54) is 0 Å². The normalized spacial score (nSPS) is 24.9. The van der Waals surface area contributed by atoms with Crippen molar-refractivity contribution in [3.63, 3.8) is 0 Å². The molecule has 1 aromatic rings. The molecule has 5 N–H and O–H groups in total. The van der Waals surface area contributed by atoms with Gasteiger partial charge in [0.05, 0.1) is 16.7 Å². The summed E-state index contributed by atoms with van der Waals surface area (Å²) in [7, 11) is 0. The lowest BCUT2D eigenvalue weighted by Gasteiger charge is -2.18. The number of β-amino-alcohol motifs (C(OH)–C–C–N with tert-alkyl or cyclic N) is 2. The van der Waals surface area contributed by atoms with Crippen LogP contribution in [0.15, 0.2) is 10.7 Å². The van der Waals surface area contributed by atoms with Crippen molar-refractivity contribution in [2.45, 2.75) is 12.2 Å². The number of aliphatic hydroxyl groups excluding tert-OH is 2. The smallest absolute Gasteiger partial charge is 0.239 e. The van der Waals surface area contributed by atoms with Gasteiger partial charge >= 0.3 is 0 Å². The molecule has 2 atom stereocenters. The summed E-state index contributed by atoms with van der Waals surface area (Å²) in [5, 5.41) is 18.9. The maximum Gasteiger partial charge on any atom is 0.239 e. The Balaban J connectivity index is 2.26. The van der Waals surface area contributed by atoms with Gasteiger partial charge in [0.2, 0.25) is 5.95 Å². The molecule has 1 aromatic heterocycles. The number of nitrogens with one attached hydrogen (secondary N) is 1. The number of hydrogen-bond acceptors (Lipinski definition) is 7. The fourth-order valence-electron chi connectivity index (χ4n) is 1.59. The summed E-state index contributed by atoms with van der Waals surface area (Å²) in [4.78, 5) is 9.84. The summed E-state index contributed by atoms with van der Waals surface area (Å²) >= 11 is 3.31. The molecule has 2 unspecified atom stereocenters. The lowest BCUT2D eigenvalue weighted by Crippen LogP contribution is -2.23. The van der Waals surface area contributed by atoms with Crippen LogP contribution in [-0.4, -0.2) is 45.5 Å². The zero-order valence-corrected chi connectivity index (χ0v) is 9.92. The topological polar surface area (TPSA) is 108 Å². The monoisotopic (exact) mass is 289 g/mol. The summed E-state index contributed by atoms with van der Waals surface area (Å²) in [5.74, 6) is 6.10. The second-order valence-corrected chi connectivity index (χ2v) is 4.40. The van der Waals surface area contributed by atoms with E-state index in [-0.39, 0.29) is 5.95 Å². The molecule has 1 saturated heterocycles. The third kappa shape index (κ3) is 2.09. The van der Waals surface area contributed by atoms with Gasteiger partial charge in [0.25, 0.3) is 0 Å². The Morgan fingerprint density at radius 1 is 1.44 bits per heavy atom. The van der Waals surface area contributed by atoms with Gasteiger partial charge in [-0.2, -0.15) is 4.98 Å². The van der Waals surface area contributed by atoms with Crippen molar-refractivity contribution < 1.29 is 10.2 Å². The minimum absolute atomic E-state index is 0.286. The van der Waals surface area contributed by atoms with Gasteiger partial charge in [-0.1, -0.05) is 0 Å². The molecule has 0 saturated carbocycles. The molecular formula is C8H12BrN5O2. The highest BCUT2D eigenvalue weighted by Gasteiger charge is 2.31. The Hall–Kier alpha value is -0.960. The number of anilines is 2. The molecule has 1 aliphatic heterocycles. The number of rotatable bonds is 2. The molecule has 2 heterocycles. The molecule has 8 heteroatoms. The number of nitrogen functional groups attached to an aromatic ring is 1. The first-order valence-corrected chi connectivity index (χ1v) is 5.51.